The van der Waals surface area contributed by atoms with E-state index in [1.165, 1.54) is 18.4 Å². The third-order valence-corrected chi connectivity index (χ3v) is 7.23. The van der Waals surface area contributed by atoms with E-state index in [4.69, 9.17) is 4.52 Å². The molecule has 0 aromatic carbocycles. The monoisotopic (exact) mass is 386 g/mol. The molecule has 1 amide bonds. The molecule has 1 atom stereocenters. The lowest BCUT2D eigenvalue weighted by Crippen LogP contribution is -2.39. The van der Waals surface area contributed by atoms with Gasteiger partial charge in [0.1, 0.15) is 0 Å². The van der Waals surface area contributed by atoms with Crippen molar-refractivity contribution in [3.05, 3.63) is 34.1 Å². The van der Waals surface area contributed by atoms with Gasteiger partial charge in [0.25, 0.3) is 0 Å². The maximum Gasteiger partial charge on any atom is 0.240 e. The van der Waals surface area contributed by atoms with Crippen molar-refractivity contribution in [3.63, 3.8) is 0 Å². The molecule has 1 spiro atoms. The van der Waals surface area contributed by atoms with Crippen LogP contribution >= 0.6 is 11.3 Å². The first-order chi connectivity index (χ1) is 13.1. The fourth-order valence-electron chi connectivity index (χ4n) is 4.51. The highest BCUT2D eigenvalue weighted by molar-refractivity contribution is 7.07. The van der Waals surface area contributed by atoms with Crippen molar-refractivity contribution in [2.45, 2.75) is 64.1 Å². The van der Waals surface area contributed by atoms with Crippen LogP contribution in [0.2, 0.25) is 0 Å². The first-order valence-electron chi connectivity index (χ1n) is 9.96. The molecule has 2 aliphatic carbocycles. The van der Waals surface area contributed by atoms with Crippen molar-refractivity contribution in [1.29, 1.82) is 0 Å². The molecule has 7 heteroatoms. The minimum Gasteiger partial charge on any atom is -0.338 e. The van der Waals surface area contributed by atoms with Gasteiger partial charge in [-0.2, -0.15) is 16.3 Å². The molecule has 144 valence electrons. The van der Waals surface area contributed by atoms with Crippen LogP contribution in [0.15, 0.2) is 21.3 Å². The summed E-state index contributed by atoms with van der Waals surface area (Å²) in [4.78, 5) is 21.3. The predicted molar refractivity (Wildman–Crippen MR) is 102 cm³/mol. The molecular weight excluding hydrogens is 360 g/mol. The molecule has 1 aliphatic heterocycles. The van der Waals surface area contributed by atoms with E-state index >= 15 is 0 Å². The Hall–Kier alpha value is -1.73. The second kappa shape index (κ2) is 6.71. The highest BCUT2D eigenvalue weighted by Gasteiger charge is 2.58. The lowest BCUT2D eigenvalue weighted by molar-refractivity contribution is -0.130. The number of rotatable bonds is 6. The Balaban J connectivity index is 1.17. The van der Waals surface area contributed by atoms with Gasteiger partial charge in [0.05, 0.1) is 6.54 Å². The van der Waals surface area contributed by atoms with Crippen LogP contribution in [0.1, 0.15) is 62.2 Å². The van der Waals surface area contributed by atoms with Crippen molar-refractivity contribution >= 4 is 17.2 Å². The van der Waals surface area contributed by atoms with Crippen LogP contribution in [0.4, 0.5) is 0 Å². The zero-order valence-electron chi connectivity index (χ0n) is 15.8. The molecule has 27 heavy (non-hydrogen) atoms. The average Bonchev–Trinajstić information content (AvgIpc) is 3.50. The summed E-state index contributed by atoms with van der Waals surface area (Å²) in [5.74, 6) is 2.39. The van der Waals surface area contributed by atoms with Gasteiger partial charge in [-0.3, -0.25) is 9.69 Å². The van der Waals surface area contributed by atoms with E-state index < -0.39 is 0 Å². The van der Waals surface area contributed by atoms with E-state index in [1.807, 2.05) is 0 Å². The highest BCUT2D eigenvalue weighted by Crippen LogP contribution is 2.57. The van der Waals surface area contributed by atoms with Gasteiger partial charge in [0.2, 0.25) is 11.8 Å². The van der Waals surface area contributed by atoms with Crippen LogP contribution in [0.3, 0.4) is 0 Å². The number of carbonyl (C=O) groups excluding carboxylic acids is 1. The topological polar surface area (TPSA) is 62.5 Å². The van der Waals surface area contributed by atoms with Crippen molar-refractivity contribution in [3.8, 4) is 0 Å². The van der Waals surface area contributed by atoms with Crippen LogP contribution in [-0.4, -0.2) is 45.0 Å². The maximum absolute atomic E-state index is 12.2. The number of nitrogens with zero attached hydrogens (tertiary/aromatic N) is 4. The van der Waals surface area contributed by atoms with Crippen molar-refractivity contribution in [2.75, 3.05) is 13.1 Å². The quantitative estimate of drug-likeness (QED) is 0.761. The van der Waals surface area contributed by atoms with E-state index in [2.05, 4.69) is 36.8 Å². The molecule has 2 aromatic rings. The Kier molecular flexibility index (Phi) is 4.31. The summed E-state index contributed by atoms with van der Waals surface area (Å²) in [6.45, 7) is 5.30. The van der Waals surface area contributed by atoms with Gasteiger partial charge in [-0.15, -0.1) is 0 Å². The van der Waals surface area contributed by atoms with Crippen LogP contribution in [0.25, 0.3) is 0 Å². The smallest absolute Gasteiger partial charge is 0.240 e. The average molecular weight is 387 g/mol. The first kappa shape index (κ1) is 17.4. The molecule has 6 nitrogen and oxygen atoms in total. The molecule has 3 heterocycles. The first-order valence-corrected chi connectivity index (χ1v) is 10.9. The van der Waals surface area contributed by atoms with Gasteiger partial charge in [-0.25, -0.2) is 0 Å². The summed E-state index contributed by atoms with van der Waals surface area (Å²) in [7, 11) is 0. The molecule has 0 bridgehead atoms. The fourth-order valence-corrected chi connectivity index (χ4v) is 5.17. The third kappa shape index (κ3) is 3.55. The number of thiophene rings is 1. The number of hydrogen-bond acceptors (Lipinski definition) is 6. The second-order valence-electron chi connectivity index (χ2n) is 8.46. The number of hydrogen-bond donors (Lipinski definition) is 0. The van der Waals surface area contributed by atoms with Crippen molar-refractivity contribution < 1.29 is 9.32 Å². The van der Waals surface area contributed by atoms with Gasteiger partial charge in [0.15, 0.2) is 5.82 Å². The Morgan fingerprint density at radius 3 is 2.89 bits per heavy atom. The van der Waals surface area contributed by atoms with Gasteiger partial charge < -0.3 is 9.42 Å². The van der Waals surface area contributed by atoms with Crippen LogP contribution in [0, 0.1) is 5.41 Å². The molecule has 3 aliphatic rings. The van der Waals surface area contributed by atoms with Crippen LogP contribution in [0.5, 0.6) is 0 Å². The molecule has 1 saturated heterocycles. The summed E-state index contributed by atoms with van der Waals surface area (Å²) in [5, 5.41) is 8.35. The lowest BCUT2D eigenvalue weighted by Gasteiger charge is -2.34. The van der Waals surface area contributed by atoms with Crippen LogP contribution in [-0.2, 0) is 17.9 Å². The number of carbonyl (C=O) groups is 1. The Bertz CT molecular complexity index is 806. The zero-order valence-corrected chi connectivity index (χ0v) is 16.6. The van der Waals surface area contributed by atoms with E-state index in [0.29, 0.717) is 17.4 Å². The normalized spacial score (nSPS) is 24.3. The third-order valence-electron chi connectivity index (χ3n) is 6.50. The summed E-state index contributed by atoms with van der Waals surface area (Å²) >= 11 is 1.70. The zero-order chi connectivity index (χ0) is 18.4. The molecule has 0 N–H and O–H groups in total. The van der Waals surface area contributed by atoms with Crippen molar-refractivity contribution in [1.82, 2.24) is 19.9 Å². The van der Waals surface area contributed by atoms with Gasteiger partial charge >= 0.3 is 0 Å². The highest BCUT2D eigenvalue weighted by atomic mass is 32.1. The molecule has 2 aromatic heterocycles. The van der Waals surface area contributed by atoms with E-state index in [-0.39, 0.29) is 5.91 Å². The fraction of sp³-hybridized carbons (Fsp3) is 0.650. The van der Waals surface area contributed by atoms with E-state index in [1.54, 1.807) is 18.3 Å². The summed E-state index contributed by atoms with van der Waals surface area (Å²) < 4.78 is 5.43. The lowest BCUT2D eigenvalue weighted by atomic mass is 9.92. The SMILES string of the molecule is CC(=O)N(Cc1ccsc1)[C@@H]1CC12CCN(Cc1nc(C3CC3)no1)CC2. The largest absolute Gasteiger partial charge is 0.338 e. The Morgan fingerprint density at radius 1 is 1.41 bits per heavy atom. The molecule has 2 saturated carbocycles. The van der Waals surface area contributed by atoms with Crippen LogP contribution < -0.4 is 0 Å². The molecule has 0 radical (unpaired) electrons. The summed E-state index contributed by atoms with van der Waals surface area (Å²) in [6, 6.07) is 2.53. The van der Waals surface area contributed by atoms with E-state index in [9.17, 15) is 4.79 Å². The van der Waals surface area contributed by atoms with Crippen molar-refractivity contribution in [2.24, 2.45) is 5.41 Å². The van der Waals surface area contributed by atoms with Gasteiger partial charge in [0, 0.05) is 25.4 Å². The van der Waals surface area contributed by atoms with Gasteiger partial charge in [-0.05, 0) is 73.0 Å². The minimum atomic E-state index is 0.198. The molecular formula is C20H26N4O2S. The Labute approximate surface area is 163 Å². The number of aromatic nitrogens is 2. The Morgan fingerprint density at radius 2 is 2.22 bits per heavy atom. The minimum absolute atomic E-state index is 0.198. The summed E-state index contributed by atoms with van der Waals surface area (Å²) in [5.41, 5.74) is 1.57. The number of piperidine rings is 1. The van der Waals surface area contributed by atoms with E-state index in [0.717, 1.165) is 57.2 Å². The molecule has 3 fully saturated rings. The number of amides is 1. The maximum atomic E-state index is 12.2. The summed E-state index contributed by atoms with van der Waals surface area (Å²) in [6.07, 6.45) is 5.84. The molecule has 0 unspecified atom stereocenters. The predicted octanol–water partition coefficient (Wildman–Crippen LogP) is 3.41. The van der Waals surface area contributed by atoms with Gasteiger partial charge in [-0.1, -0.05) is 5.16 Å². The standard InChI is InChI=1S/C20H26N4O2S/c1-14(25)24(11-15-4-9-27-13-15)17-10-20(17)5-7-23(8-6-20)12-18-21-19(22-26-18)16-2-3-16/h4,9,13,16-17H,2-3,5-8,10-12H2,1H3/t17-/m1/s1. The second-order valence-corrected chi connectivity index (χ2v) is 9.24. The number of likely N-dealkylation sites (tertiary alicyclic amines) is 1. The molecule has 5 rings (SSSR count).